The lowest BCUT2D eigenvalue weighted by Crippen LogP contribution is -1.97. The van der Waals surface area contributed by atoms with E-state index >= 15 is 0 Å². The van der Waals surface area contributed by atoms with Crippen LogP contribution in [-0.4, -0.2) is 28.2 Å². The van der Waals surface area contributed by atoms with Gasteiger partial charge >= 0.3 is 5.97 Å². The minimum absolute atomic E-state index is 0.190. The van der Waals surface area contributed by atoms with Crippen molar-refractivity contribution in [2.24, 2.45) is 0 Å². The summed E-state index contributed by atoms with van der Waals surface area (Å²) in [5.74, 6) is -0.606. The zero-order valence-corrected chi connectivity index (χ0v) is 7.97. The minimum atomic E-state index is -0.984. The highest BCUT2D eigenvalue weighted by Crippen LogP contribution is 2.21. The third-order valence-corrected chi connectivity index (χ3v) is 2.04. The highest BCUT2D eigenvalue weighted by molar-refractivity contribution is 5.94. The van der Waals surface area contributed by atoms with Gasteiger partial charge in [-0.3, -0.25) is 0 Å². The molecule has 1 N–H and O–H groups in total. The van der Waals surface area contributed by atoms with Gasteiger partial charge in [-0.05, 0) is 18.2 Å². The van der Waals surface area contributed by atoms with E-state index in [1.165, 1.54) is 25.6 Å². The first-order valence-electron chi connectivity index (χ1n) is 4.24. The maximum atomic E-state index is 10.8. The summed E-state index contributed by atoms with van der Waals surface area (Å²) in [5.41, 5.74) is 0.849. The molecule has 5 nitrogen and oxygen atoms in total. The van der Waals surface area contributed by atoms with Gasteiger partial charge in [-0.15, -0.1) is 0 Å². The van der Waals surface area contributed by atoms with Crippen LogP contribution in [0.4, 0.5) is 0 Å². The number of aromatic nitrogens is 2. The molecule has 0 saturated carbocycles. The number of carboxylic acids is 1. The molecule has 76 valence electrons. The van der Waals surface area contributed by atoms with Crippen LogP contribution in [0.5, 0.6) is 5.88 Å². The van der Waals surface area contributed by atoms with Gasteiger partial charge in [0, 0.05) is 0 Å². The van der Waals surface area contributed by atoms with E-state index in [9.17, 15) is 4.79 Å². The molecule has 2 rings (SSSR count). The Bertz CT molecular complexity index is 525. The summed E-state index contributed by atoms with van der Waals surface area (Å²) in [6.07, 6.45) is 1.38. The minimum Gasteiger partial charge on any atom is -0.480 e. The predicted molar refractivity (Wildman–Crippen MR) is 53.0 cm³/mol. The zero-order valence-electron chi connectivity index (χ0n) is 7.97. The monoisotopic (exact) mass is 204 g/mol. The van der Waals surface area contributed by atoms with E-state index in [0.717, 1.165) is 0 Å². The Hall–Kier alpha value is -2.17. The number of rotatable bonds is 2. The number of aromatic carboxylic acids is 1. The lowest BCUT2D eigenvalue weighted by atomic mass is 10.1. The van der Waals surface area contributed by atoms with Crippen LogP contribution in [0.1, 0.15) is 10.4 Å². The second kappa shape index (κ2) is 3.53. The maximum absolute atomic E-state index is 10.8. The Labute approximate surface area is 85.4 Å². The van der Waals surface area contributed by atoms with Crippen molar-refractivity contribution in [3.05, 3.63) is 30.1 Å². The molecule has 1 aromatic carbocycles. The zero-order chi connectivity index (χ0) is 10.8. The summed E-state index contributed by atoms with van der Waals surface area (Å²) in [7, 11) is 1.48. The number of carboxylic acid groups (broad SMARTS) is 1. The van der Waals surface area contributed by atoms with Gasteiger partial charge in [0.15, 0.2) is 0 Å². The van der Waals surface area contributed by atoms with Crippen molar-refractivity contribution in [3.8, 4) is 5.88 Å². The molecule has 0 atom stereocenters. The van der Waals surface area contributed by atoms with E-state index in [1.807, 2.05) is 0 Å². The molecule has 0 spiro atoms. The highest BCUT2D eigenvalue weighted by atomic mass is 16.5. The molecule has 1 aromatic heterocycles. The van der Waals surface area contributed by atoms with Crippen LogP contribution in [0.25, 0.3) is 10.9 Å². The van der Waals surface area contributed by atoms with Gasteiger partial charge in [0.25, 0.3) is 0 Å². The predicted octanol–water partition coefficient (Wildman–Crippen LogP) is 1.34. The van der Waals surface area contributed by atoms with Crippen LogP contribution < -0.4 is 4.74 Å². The van der Waals surface area contributed by atoms with E-state index in [1.54, 1.807) is 6.07 Å². The second-order valence-corrected chi connectivity index (χ2v) is 2.92. The first-order chi connectivity index (χ1) is 7.22. The van der Waals surface area contributed by atoms with Crippen molar-refractivity contribution in [1.29, 1.82) is 0 Å². The van der Waals surface area contributed by atoms with E-state index in [0.29, 0.717) is 16.8 Å². The summed E-state index contributed by atoms with van der Waals surface area (Å²) in [6.45, 7) is 0. The first-order valence-corrected chi connectivity index (χ1v) is 4.24. The molecule has 0 saturated heterocycles. The average molecular weight is 204 g/mol. The normalized spacial score (nSPS) is 10.2. The molecule has 15 heavy (non-hydrogen) atoms. The number of benzene rings is 1. The molecular formula is C10H8N2O3. The van der Waals surface area contributed by atoms with Gasteiger partial charge < -0.3 is 9.84 Å². The van der Waals surface area contributed by atoms with Crippen LogP contribution in [0.15, 0.2) is 24.5 Å². The van der Waals surface area contributed by atoms with Crippen molar-refractivity contribution >= 4 is 16.9 Å². The van der Waals surface area contributed by atoms with Crippen LogP contribution >= 0.6 is 0 Å². The SMILES string of the molecule is COc1ncnc2ccc(C(=O)O)cc12. The fourth-order valence-electron chi connectivity index (χ4n) is 1.33. The number of hydrogen-bond acceptors (Lipinski definition) is 4. The molecule has 5 heteroatoms. The third-order valence-electron chi connectivity index (χ3n) is 2.04. The van der Waals surface area contributed by atoms with Crippen molar-refractivity contribution in [3.63, 3.8) is 0 Å². The van der Waals surface area contributed by atoms with Gasteiger partial charge in [-0.2, -0.15) is 0 Å². The summed E-state index contributed by atoms with van der Waals surface area (Å²) < 4.78 is 5.02. The van der Waals surface area contributed by atoms with Gasteiger partial charge in [-0.25, -0.2) is 14.8 Å². The lowest BCUT2D eigenvalue weighted by Gasteiger charge is -2.03. The van der Waals surface area contributed by atoms with Gasteiger partial charge in [0.2, 0.25) is 5.88 Å². The summed E-state index contributed by atoms with van der Waals surface area (Å²) in [5, 5.41) is 9.42. The molecule has 0 radical (unpaired) electrons. The molecule has 0 aliphatic rings. The molecule has 0 aliphatic carbocycles. The fraction of sp³-hybridized carbons (Fsp3) is 0.100. The van der Waals surface area contributed by atoms with Crippen molar-refractivity contribution in [2.45, 2.75) is 0 Å². The molecule has 0 bridgehead atoms. The molecule has 0 amide bonds. The van der Waals surface area contributed by atoms with Gasteiger partial charge in [0.1, 0.15) is 6.33 Å². The van der Waals surface area contributed by atoms with E-state index in [-0.39, 0.29) is 5.56 Å². The number of nitrogens with zero attached hydrogens (tertiary/aromatic N) is 2. The number of methoxy groups -OCH3 is 1. The molecule has 2 aromatic rings. The van der Waals surface area contributed by atoms with Crippen LogP contribution in [0, 0.1) is 0 Å². The Morgan fingerprint density at radius 2 is 2.20 bits per heavy atom. The molecular weight excluding hydrogens is 196 g/mol. The van der Waals surface area contributed by atoms with Crippen molar-refractivity contribution < 1.29 is 14.6 Å². The summed E-state index contributed by atoms with van der Waals surface area (Å²) >= 11 is 0. The topological polar surface area (TPSA) is 72.3 Å². The van der Waals surface area contributed by atoms with E-state index < -0.39 is 5.97 Å². The van der Waals surface area contributed by atoms with Crippen molar-refractivity contribution in [1.82, 2.24) is 9.97 Å². The first kappa shape index (κ1) is 9.39. The van der Waals surface area contributed by atoms with Crippen LogP contribution in [0.3, 0.4) is 0 Å². The van der Waals surface area contributed by atoms with Gasteiger partial charge in [-0.1, -0.05) is 0 Å². The smallest absolute Gasteiger partial charge is 0.335 e. The maximum Gasteiger partial charge on any atom is 0.335 e. The lowest BCUT2D eigenvalue weighted by molar-refractivity contribution is 0.0697. The quantitative estimate of drug-likeness (QED) is 0.799. The Kier molecular flexibility index (Phi) is 2.21. The standard InChI is InChI=1S/C10H8N2O3/c1-15-9-7-4-6(10(13)14)2-3-8(7)11-5-12-9/h2-5H,1H3,(H,13,14). The van der Waals surface area contributed by atoms with Crippen LogP contribution in [0.2, 0.25) is 0 Å². The molecule has 0 aliphatic heterocycles. The Morgan fingerprint density at radius 3 is 2.87 bits per heavy atom. The van der Waals surface area contributed by atoms with Crippen molar-refractivity contribution in [2.75, 3.05) is 7.11 Å². The number of carbonyl (C=O) groups is 1. The number of fused-ring (bicyclic) bond motifs is 1. The Balaban J connectivity index is 2.72. The second-order valence-electron chi connectivity index (χ2n) is 2.92. The molecule has 1 heterocycles. The largest absolute Gasteiger partial charge is 0.480 e. The summed E-state index contributed by atoms with van der Waals surface area (Å²) in [6, 6.07) is 4.62. The highest BCUT2D eigenvalue weighted by Gasteiger charge is 2.08. The van der Waals surface area contributed by atoms with Crippen LogP contribution in [-0.2, 0) is 0 Å². The number of hydrogen-bond donors (Lipinski definition) is 1. The van der Waals surface area contributed by atoms with Gasteiger partial charge in [0.05, 0.1) is 23.6 Å². The van der Waals surface area contributed by atoms with E-state index in [2.05, 4.69) is 9.97 Å². The third kappa shape index (κ3) is 1.59. The average Bonchev–Trinajstić information content (AvgIpc) is 2.27. The molecule has 0 fully saturated rings. The number of ether oxygens (including phenoxy) is 1. The van der Waals surface area contributed by atoms with E-state index in [4.69, 9.17) is 9.84 Å². The molecule has 0 unspecified atom stereocenters. The summed E-state index contributed by atoms with van der Waals surface area (Å²) in [4.78, 5) is 18.7. The fourth-order valence-corrected chi connectivity index (χ4v) is 1.33. The Morgan fingerprint density at radius 1 is 1.40 bits per heavy atom.